The first-order valence-corrected chi connectivity index (χ1v) is 6.39. The molecule has 1 N–H and O–H groups in total. The van der Waals surface area contributed by atoms with E-state index in [0.717, 1.165) is 0 Å². The molecule has 0 saturated carbocycles. The Morgan fingerprint density at radius 2 is 1.90 bits per heavy atom. The summed E-state index contributed by atoms with van der Waals surface area (Å²) in [6.45, 7) is 0. The van der Waals surface area contributed by atoms with Gasteiger partial charge in [0.25, 0.3) is 0 Å². The number of ether oxygens (including phenoxy) is 1. The van der Waals surface area contributed by atoms with Crippen molar-refractivity contribution in [1.29, 1.82) is 0 Å². The van der Waals surface area contributed by atoms with E-state index in [1.54, 1.807) is 48.5 Å². The third-order valence-electron chi connectivity index (χ3n) is 2.33. The summed E-state index contributed by atoms with van der Waals surface area (Å²) in [6.07, 6.45) is -0.621. The Balaban J connectivity index is 2.01. The van der Waals surface area contributed by atoms with E-state index in [9.17, 15) is 4.79 Å². The maximum absolute atomic E-state index is 11.7. The summed E-state index contributed by atoms with van der Waals surface area (Å²) in [5, 5.41) is 5.25. The number of carbonyl (C=O) groups excluding carboxylic acids is 1. The highest BCUT2D eigenvalue weighted by Gasteiger charge is 2.07. The van der Waals surface area contributed by atoms with Crippen LogP contribution in [0.25, 0.3) is 0 Å². The summed E-state index contributed by atoms with van der Waals surface area (Å²) in [5.41, 5.74) is 1.12. The number of para-hydroxylation sites is 1. The van der Waals surface area contributed by atoms with Gasteiger partial charge >= 0.3 is 6.09 Å². The van der Waals surface area contributed by atoms with Gasteiger partial charge in [-0.3, -0.25) is 5.32 Å². The average molecular weight is 305 g/mol. The Kier molecular flexibility index (Phi) is 4.85. The van der Waals surface area contributed by atoms with Crippen LogP contribution in [0.5, 0.6) is 5.75 Å². The maximum atomic E-state index is 11.7. The standard InChI is InChI=1S/C14H9ClN2O2S/c15-12-3-1-2-4-13(12)17-14(18)19-11-7-5-10(6-8-11)16-9-20/h1-8H,(H,17,18). The molecule has 0 atom stereocenters. The van der Waals surface area contributed by atoms with E-state index >= 15 is 0 Å². The van der Waals surface area contributed by atoms with Crippen molar-refractivity contribution in [2.45, 2.75) is 0 Å². The zero-order chi connectivity index (χ0) is 14.4. The molecule has 6 heteroatoms. The van der Waals surface area contributed by atoms with Gasteiger partial charge in [-0.05, 0) is 48.6 Å². The van der Waals surface area contributed by atoms with Gasteiger partial charge in [-0.15, -0.1) is 0 Å². The van der Waals surface area contributed by atoms with Crippen molar-refractivity contribution in [3.05, 3.63) is 53.6 Å². The molecule has 0 spiro atoms. The van der Waals surface area contributed by atoms with Crippen LogP contribution in [0.2, 0.25) is 5.02 Å². The number of rotatable bonds is 3. The number of thiocarbonyl (C=S) groups is 1. The van der Waals surface area contributed by atoms with Gasteiger partial charge in [0.15, 0.2) is 0 Å². The van der Waals surface area contributed by atoms with E-state index < -0.39 is 6.09 Å². The number of anilines is 1. The highest BCUT2D eigenvalue weighted by molar-refractivity contribution is 7.78. The van der Waals surface area contributed by atoms with E-state index in [2.05, 4.69) is 27.7 Å². The molecule has 2 aromatic carbocycles. The van der Waals surface area contributed by atoms with Gasteiger partial charge < -0.3 is 4.74 Å². The van der Waals surface area contributed by atoms with E-state index in [1.807, 2.05) is 0 Å². The molecular weight excluding hydrogens is 296 g/mol. The monoisotopic (exact) mass is 304 g/mol. The number of aliphatic imine (C=N–C) groups is 1. The predicted octanol–water partition coefficient (Wildman–Crippen LogP) is 4.69. The number of benzene rings is 2. The number of nitrogens with zero attached hydrogens (tertiary/aromatic N) is 1. The minimum Gasteiger partial charge on any atom is -0.410 e. The predicted molar refractivity (Wildman–Crippen MR) is 82.2 cm³/mol. The van der Waals surface area contributed by atoms with Crippen molar-refractivity contribution in [3.8, 4) is 5.75 Å². The third kappa shape index (κ3) is 3.90. The summed E-state index contributed by atoms with van der Waals surface area (Å²) in [4.78, 5) is 15.5. The number of hydrogen-bond donors (Lipinski definition) is 1. The first kappa shape index (κ1) is 14.2. The topological polar surface area (TPSA) is 50.7 Å². The summed E-state index contributed by atoms with van der Waals surface area (Å²) in [5.74, 6) is 0.387. The zero-order valence-corrected chi connectivity index (χ0v) is 11.7. The Morgan fingerprint density at radius 1 is 1.20 bits per heavy atom. The SMILES string of the molecule is O=C(Nc1ccccc1Cl)Oc1ccc(N=C=S)cc1. The van der Waals surface area contributed by atoms with E-state index in [-0.39, 0.29) is 0 Å². The van der Waals surface area contributed by atoms with Crippen LogP contribution in [0.3, 0.4) is 0 Å². The van der Waals surface area contributed by atoms with E-state index in [0.29, 0.717) is 22.1 Å². The number of nitrogens with one attached hydrogen (secondary N) is 1. The van der Waals surface area contributed by atoms with Crippen LogP contribution in [0.4, 0.5) is 16.2 Å². The van der Waals surface area contributed by atoms with E-state index in [4.69, 9.17) is 16.3 Å². The van der Waals surface area contributed by atoms with Gasteiger partial charge in [-0.1, -0.05) is 23.7 Å². The molecule has 0 aliphatic rings. The third-order valence-corrected chi connectivity index (χ3v) is 2.75. The van der Waals surface area contributed by atoms with Crippen LogP contribution in [-0.4, -0.2) is 11.3 Å². The van der Waals surface area contributed by atoms with Gasteiger partial charge in [0, 0.05) is 0 Å². The number of halogens is 1. The van der Waals surface area contributed by atoms with Crippen LogP contribution in [0, 0.1) is 0 Å². The fourth-order valence-corrected chi connectivity index (χ4v) is 1.73. The minimum atomic E-state index is -0.621. The number of amides is 1. The Morgan fingerprint density at radius 3 is 2.55 bits per heavy atom. The summed E-state index contributed by atoms with van der Waals surface area (Å²) < 4.78 is 5.11. The van der Waals surface area contributed by atoms with Crippen molar-refractivity contribution in [1.82, 2.24) is 0 Å². The second-order valence-corrected chi connectivity index (χ2v) is 4.28. The van der Waals surface area contributed by atoms with E-state index in [1.165, 1.54) is 0 Å². The minimum absolute atomic E-state index is 0.387. The molecule has 0 bridgehead atoms. The first-order chi connectivity index (χ1) is 9.69. The average Bonchev–Trinajstić information content (AvgIpc) is 2.44. The van der Waals surface area contributed by atoms with Crippen molar-refractivity contribution in [3.63, 3.8) is 0 Å². The quantitative estimate of drug-likeness (QED) is 0.661. The highest BCUT2D eigenvalue weighted by Crippen LogP contribution is 2.22. The van der Waals surface area contributed by atoms with Gasteiger partial charge in [-0.2, -0.15) is 4.99 Å². The molecule has 0 unspecified atom stereocenters. The van der Waals surface area contributed by atoms with Crippen LogP contribution in [0.15, 0.2) is 53.5 Å². The van der Waals surface area contributed by atoms with Crippen molar-refractivity contribution in [2.75, 3.05) is 5.32 Å². The molecule has 1 amide bonds. The lowest BCUT2D eigenvalue weighted by Crippen LogP contribution is -2.16. The highest BCUT2D eigenvalue weighted by atomic mass is 35.5. The summed E-state index contributed by atoms with van der Waals surface area (Å²) in [7, 11) is 0. The molecule has 0 aliphatic carbocycles. The number of hydrogen-bond acceptors (Lipinski definition) is 4. The van der Waals surface area contributed by atoms with Crippen molar-refractivity contribution in [2.24, 2.45) is 4.99 Å². The lowest BCUT2D eigenvalue weighted by molar-refractivity contribution is 0.215. The molecule has 2 aromatic rings. The summed E-state index contributed by atoms with van der Waals surface area (Å²) >= 11 is 10.4. The Hall–Kier alpha value is -2.20. The molecule has 20 heavy (non-hydrogen) atoms. The van der Waals surface area contributed by atoms with Crippen LogP contribution < -0.4 is 10.1 Å². The molecule has 0 saturated heterocycles. The second kappa shape index (κ2) is 6.82. The molecule has 0 fully saturated rings. The van der Waals surface area contributed by atoms with Crippen LogP contribution in [0.1, 0.15) is 0 Å². The van der Waals surface area contributed by atoms with Crippen molar-refractivity contribution >= 4 is 46.4 Å². The van der Waals surface area contributed by atoms with Crippen LogP contribution in [-0.2, 0) is 0 Å². The van der Waals surface area contributed by atoms with Crippen LogP contribution >= 0.6 is 23.8 Å². The zero-order valence-electron chi connectivity index (χ0n) is 10.2. The second-order valence-electron chi connectivity index (χ2n) is 3.69. The smallest absolute Gasteiger partial charge is 0.410 e. The van der Waals surface area contributed by atoms with Gasteiger partial charge in [0.2, 0.25) is 0 Å². The first-order valence-electron chi connectivity index (χ1n) is 5.60. The molecule has 0 heterocycles. The molecule has 0 radical (unpaired) electrons. The van der Waals surface area contributed by atoms with Gasteiger partial charge in [-0.25, -0.2) is 4.79 Å². The number of isothiocyanates is 1. The van der Waals surface area contributed by atoms with Gasteiger partial charge in [0.1, 0.15) is 5.75 Å². The Bertz CT molecular complexity index is 667. The molecule has 2 rings (SSSR count). The lowest BCUT2D eigenvalue weighted by Gasteiger charge is -2.07. The number of carbonyl (C=O) groups is 1. The normalized spacial score (nSPS) is 9.45. The fourth-order valence-electron chi connectivity index (χ4n) is 1.45. The molecule has 4 nitrogen and oxygen atoms in total. The Labute approximate surface area is 126 Å². The fraction of sp³-hybridized carbons (Fsp3) is 0. The molecule has 0 aliphatic heterocycles. The summed E-state index contributed by atoms with van der Waals surface area (Å²) in [6, 6.07) is 13.4. The lowest BCUT2D eigenvalue weighted by atomic mass is 10.3. The molecular formula is C14H9ClN2O2S. The van der Waals surface area contributed by atoms with Gasteiger partial charge in [0.05, 0.1) is 21.6 Å². The maximum Gasteiger partial charge on any atom is 0.417 e. The molecule has 100 valence electrons. The largest absolute Gasteiger partial charge is 0.417 e. The molecule has 0 aromatic heterocycles. The van der Waals surface area contributed by atoms with Crippen molar-refractivity contribution < 1.29 is 9.53 Å².